The molecule has 0 saturated carbocycles. The molecule has 1 aliphatic rings. The maximum Gasteiger partial charge on any atom is 0.269 e. The fourth-order valence-corrected chi connectivity index (χ4v) is 2.65. The first-order valence-corrected chi connectivity index (χ1v) is 6.66. The van der Waals surface area contributed by atoms with E-state index in [2.05, 4.69) is 23.8 Å². The number of aryl methyl sites for hydroxylation is 1. The van der Waals surface area contributed by atoms with Gasteiger partial charge in [0.15, 0.2) is 0 Å². The number of rotatable bonds is 3. The van der Waals surface area contributed by atoms with Crippen molar-refractivity contribution < 1.29 is 4.92 Å². The SMILES string of the molecule is Cc1cc([N+](=O)[O-])ccc1C(C)N1CCN(C)CC1. The van der Waals surface area contributed by atoms with Gasteiger partial charge in [-0.2, -0.15) is 0 Å². The molecule has 1 saturated heterocycles. The van der Waals surface area contributed by atoms with Gasteiger partial charge < -0.3 is 4.90 Å². The van der Waals surface area contributed by atoms with Gasteiger partial charge in [0, 0.05) is 44.4 Å². The van der Waals surface area contributed by atoms with Crippen LogP contribution in [0.3, 0.4) is 0 Å². The second-order valence-corrected chi connectivity index (χ2v) is 5.31. The predicted molar refractivity (Wildman–Crippen MR) is 75.3 cm³/mol. The molecule has 5 heteroatoms. The smallest absolute Gasteiger partial charge is 0.269 e. The van der Waals surface area contributed by atoms with E-state index in [9.17, 15) is 10.1 Å². The number of piperazine rings is 1. The van der Waals surface area contributed by atoms with Crippen molar-refractivity contribution in [1.82, 2.24) is 9.80 Å². The molecule has 0 N–H and O–H groups in total. The van der Waals surface area contributed by atoms with Crippen molar-refractivity contribution >= 4 is 5.69 Å². The summed E-state index contributed by atoms with van der Waals surface area (Å²) in [6.07, 6.45) is 0. The first kappa shape index (κ1) is 14.0. The van der Waals surface area contributed by atoms with Gasteiger partial charge >= 0.3 is 0 Å². The molecule has 1 aromatic rings. The number of nitro benzene ring substituents is 1. The topological polar surface area (TPSA) is 49.6 Å². The molecule has 1 unspecified atom stereocenters. The molecule has 0 aliphatic carbocycles. The van der Waals surface area contributed by atoms with E-state index in [1.807, 2.05) is 13.0 Å². The maximum absolute atomic E-state index is 10.8. The number of nitrogens with zero attached hydrogens (tertiary/aromatic N) is 3. The van der Waals surface area contributed by atoms with Crippen LogP contribution in [-0.4, -0.2) is 47.9 Å². The Morgan fingerprint density at radius 2 is 1.89 bits per heavy atom. The van der Waals surface area contributed by atoms with Gasteiger partial charge in [0.25, 0.3) is 5.69 Å². The van der Waals surface area contributed by atoms with Gasteiger partial charge in [0.2, 0.25) is 0 Å². The summed E-state index contributed by atoms with van der Waals surface area (Å²) in [5.74, 6) is 0. The van der Waals surface area contributed by atoms with Crippen LogP contribution >= 0.6 is 0 Å². The fraction of sp³-hybridized carbons (Fsp3) is 0.571. The number of likely N-dealkylation sites (N-methyl/N-ethyl adjacent to an activating group) is 1. The van der Waals surface area contributed by atoms with Crippen molar-refractivity contribution in [2.75, 3.05) is 33.2 Å². The summed E-state index contributed by atoms with van der Waals surface area (Å²) in [4.78, 5) is 15.2. The quantitative estimate of drug-likeness (QED) is 0.619. The summed E-state index contributed by atoms with van der Waals surface area (Å²) < 4.78 is 0. The van der Waals surface area contributed by atoms with E-state index in [0.717, 1.165) is 31.7 Å². The summed E-state index contributed by atoms with van der Waals surface area (Å²) in [5, 5.41) is 10.8. The highest BCUT2D eigenvalue weighted by molar-refractivity contribution is 5.40. The lowest BCUT2D eigenvalue weighted by molar-refractivity contribution is -0.384. The minimum absolute atomic E-state index is 0.173. The second-order valence-electron chi connectivity index (χ2n) is 5.31. The Bertz CT molecular complexity index is 468. The Balaban J connectivity index is 2.15. The van der Waals surface area contributed by atoms with E-state index in [-0.39, 0.29) is 10.6 Å². The third-order valence-corrected chi connectivity index (χ3v) is 4.00. The lowest BCUT2D eigenvalue weighted by Gasteiger charge is -2.37. The average molecular weight is 263 g/mol. The van der Waals surface area contributed by atoms with Crippen molar-refractivity contribution in [2.45, 2.75) is 19.9 Å². The number of hydrogen-bond donors (Lipinski definition) is 0. The highest BCUT2D eigenvalue weighted by Gasteiger charge is 2.22. The zero-order chi connectivity index (χ0) is 14.0. The van der Waals surface area contributed by atoms with Crippen LogP contribution in [0.25, 0.3) is 0 Å². The number of nitro groups is 1. The van der Waals surface area contributed by atoms with Crippen molar-refractivity contribution in [3.8, 4) is 0 Å². The maximum atomic E-state index is 10.8. The molecular weight excluding hydrogens is 242 g/mol. The minimum atomic E-state index is -0.336. The highest BCUT2D eigenvalue weighted by Crippen LogP contribution is 2.27. The van der Waals surface area contributed by atoms with E-state index in [1.165, 1.54) is 5.56 Å². The largest absolute Gasteiger partial charge is 0.304 e. The third-order valence-electron chi connectivity index (χ3n) is 4.00. The molecule has 1 aliphatic heterocycles. The van der Waals surface area contributed by atoms with Gasteiger partial charge in [-0.05, 0) is 32.0 Å². The van der Waals surface area contributed by atoms with Crippen molar-refractivity contribution in [2.24, 2.45) is 0 Å². The highest BCUT2D eigenvalue weighted by atomic mass is 16.6. The lowest BCUT2D eigenvalue weighted by atomic mass is 10.00. The molecule has 0 amide bonds. The molecule has 1 aromatic carbocycles. The minimum Gasteiger partial charge on any atom is -0.304 e. The van der Waals surface area contributed by atoms with Crippen LogP contribution < -0.4 is 0 Å². The molecule has 0 aromatic heterocycles. The van der Waals surface area contributed by atoms with Gasteiger partial charge in [-0.1, -0.05) is 6.07 Å². The van der Waals surface area contributed by atoms with Crippen molar-refractivity contribution in [1.29, 1.82) is 0 Å². The van der Waals surface area contributed by atoms with Gasteiger partial charge in [0.05, 0.1) is 4.92 Å². The van der Waals surface area contributed by atoms with Crippen LogP contribution in [0.4, 0.5) is 5.69 Å². The second kappa shape index (κ2) is 5.67. The van der Waals surface area contributed by atoms with Gasteiger partial charge in [0.1, 0.15) is 0 Å². The summed E-state index contributed by atoms with van der Waals surface area (Å²) in [6.45, 7) is 8.39. The molecule has 104 valence electrons. The first-order valence-electron chi connectivity index (χ1n) is 6.66. The van der Waals surface area contributed by atoms with Crippen LogP contribution in [-0.2, 0) is 0 Å². The molecule has 0 bridgehead atoms. The lowest BCUT2D eigenvalue weighted by Crippen LogP contribution is -2.45. The van der Waals surface area contributed by atoms with Crippen LogP contribution in [0.1, 0.15) is 24.1 Å². The third kappa shape index (κ3) is 3.11. The molecule has 0 spiro atoms. The van der Waals surface area contributed by atoms with Gasteiger partial charge in [-0.3, -0.25) is 15.0 Å². The van der Waals surface area contributed by atoms with Crippen LogP contribution in [0.15, 0.2) is 18.2 Å². The monoisotopic (exact) mass is 263 g/mol. The van der Waals surface area contributed by atoms with E-state index < -0.39 is 0 Å². The van der Waals surface area contributed by atoms with Crippen molar-refractivity contribution in [3.63, 3.8) is 0 Å². The number of non-ortho nitro benzene ring substituents is 1. The van der Waals surface area contributed by atoms with E-state index in [0.29, 0.717) is 6.04 Å². The number of benzene rings is 1. The molecule has 19 heavy (non-hydrogen) atoms. The van der Waals surface area contributed by atoms with Crippen LogP contribution in [0, 0.1) is 17.0 Å². The van der Waals surface area contributed by atoms with Crippen molar-refractivity contribution in [3.05, 3.63) is 39.4 Å². The zero-order valence-electron chi connectivity index (χ0n) is 11.8. The molecule has 2 rings (SSSR count). The standard InChI is InChI=1S/C14H21N3O2/c1-11-10-13(17(18)19)4-5-14(11)12(2)16-8-6-15(3)7-9-16/h4-5,10,12H,6-9H2,1-3H3. The Hall–Kier alpha value is -1.46. The normalized spacial score (nSPS) is 19.3. The van der Waals surface area contributed by atoms with Crippen LogP contribution in [0.5, 0.6) is 0 Å². The zero-order valence-corrected chi connectivity index (χ0v) is 11.8. The molecule has 1 heterocycles. The molecule has 5 nitrogen and oxygen atoms in total. The first-order chi connectivity index (χ1) is 8.99. The van der Waals surface area contributed by atoms with Gasteiger partial charge in [-0.25, -0.2) is 0 Å². The Kier molecular flexibility index (Phi) is 4.17. The summed E-state index contributed by atoms with van der Waals surface area (Å²) in [5.41, 5.74) is 2.36. The predicted octanol–water partition coefficient (Wildman–Crippen LogP) is 2.21. The van der Waals surface area contributed by atoms with Crippen LogP contribution in [0.2, 0.25) is 0 Å². The van der Waals surface area contributed by atoms with E-state index >= 15 is 0 Å². The molecule has 1 fully saturated rings. The molecule has 1 atom stereocenters. The summed E-state index contributed by atoms with van der Waals surface area (Å²) in [7, 11) is 2.14. The van der Waals surface area contributed by atoms with Gasteiger partial charge in [-0.15, -0.1) is 0 Å². The Morgan fingerprint density at radius 3 is 2.42 bits per heavy atom. The molecular formula is C14H21N3O2. The van der Waals surface area contributed by atoms with E-state index in [4.69, 9.17) is 0 Å². The summed E-state index contributed by atoms with van der Waals surface area (Å²) in [6, 6.07) is 5.49. The Labute approximate surface area is 114 Å². The number of hydrogen-bond acceptors (Lipinski definition) is 4. The van der Waals surface area contributed by atoms with E-state index in [1.54, 1.807) is 12.1 Å². The average Bonchev–Trinajstić information content (AvgIpc) is 2.38. The Morgan fingerprint density at radius 1 is 1.26 bits per heavy atom. The summed E-state index contributed by atoms with van der Waals surface area (Å²) >= 11 is 0. The molecule has 0 radical (unpaired) electrons. The fourth-order valence-electron chi connectivity index (χ4n) is 2.65.